The second kappa shape index (κ2) is 4.29. The van der Waals surface area contributed by atoms with E-state index in [4.69, 9.17) is 5.26 Å². The van der Waals surface area contributed by atoms with Gasteiger partial charge in [-0.2, -0.15) is 9.94 Å². The molecule has 6 nitrogen and oxygen atoms in total. The van der Waals surface area contributed by atoms with E-state index in [0.29, 0.717) is 11.9 Å². The van der Waals surface area contributed by atoms with Gasteiger partial charge in [0.25, 0.3) is 11.8 Å². The number of hydrogen-bond acceptors (Lipinski definition) is 5. The average Bonchev–Trinajstić information content (AvgIpc) is 2.76. The predicted molar refractivity (Wildman–Crippen MR) is 60.5 cm³/mol. The second-order valence-electron chi connectivity index (χ2n) is 4.01. The molecule has 2 aromatic rings. The van der Waals surface area contributed by atoms with Crippen molar-refractivity contribution in [2.45, 2.75) is 26.7 Å². The second-order valence-corrected chi connectivity index (χ2v) is 4.01. The average molecular weight is 228 g/mol. The maximum Gasteiger partial charge on any atom is 0.252 e. The molecule has 0 spiro atoms. The van der Waals surface area contributed by atoms with Crippen LogP contribution in [0.2, 0.25) is 0 Å². The summed E-state index contributed by atoms with van der Waals surface area (Å²) in [6.45, 7) is 6.03. The molecule has 86 valence electrons. The van der Waals surface area contributed by atoms with Crippen LogP contribution in [0.4, 0.5) is 0 Å². The molecule has 0 aliphatic rings. The molecule has 6 heteroatoms. The molecule has 2 heterocycles. The van der Waals surface area contributed by atoms with Gasteiger partial charge >= 0.3 is 0 Å². The van der Waals surface area contributed by atoms with E-state index < -0.39 is 0 Å². The van der Waals surface area contributed by atoms with Crippen LogP contribution in [0.3, 0.4) is 0 Å². The lowest BCUT2D eigenvalue weighted by molar-refractivity contribution is 0.748. The van der Waals surface area contributed by atoms with Crippen molar-refractivity contribution in [1.29, 1.82) is 5.26 Å². The van der Waals surface area contributed by atoms with Crippen LogP contribution < -0.4 is 0 Å². The van der Waals surface area contributed by atoms with Gasteiger partial charge in [-0.3, -0.25) is 0 Å². The SMILES string of the molecule is Cc1cc(C(C)C)nc(-n2cnc(C#N)n2)n1. The number of aromatic nitrogens is 5. The zero-order chi connectivity index (χ0) is 12.4. The van der Waals surface area contributed by atoms with E-state index in [9.17, 15) is 0 Å². The first-order chi connectivity index (χ1) is 8.10. The van der Waals surface area contributed by atoms with Crippen LogP contribution >= 0.6 is 0 Å². The molecule has 0 fully saturated rings. The molecule has 0 aliphatic carbocycles. The molecule has 0 bridgehead atoms. The Hall–Kier alpha value is -2.29. The lowest BCUT2D eigenvalue weighted by Gasteiger charge is -2.07. The number of hydrogen-bond donors (Lipinski definition) is 0. The molecular weight excluding hydrogens is 216 g/mol. The minimum atomic E-state index is 0.112. The Balaban J connectivity index is 2.48. The van der Waals surface area contributed by atoms with Gasteiger partial charge in [-0.05, 0) is 18.9 Å². The fraction of sp³-hybridized carbons (Fsp3) is 0.364. The number of aryl methyl sites for hydroxylation is 1. The van der Waals surface area contributed by atoms with Crippen molar-refractivity contribution in [3.8, 4) is 12.0 Å². The maximum absolute atomic E-state index is 8.67. The van der Waals surface area contributed by atoms with E-state index in [0.717, 1.165) is 11.4 Å². The fourth-order valence-electron chi connectivity index (χ4n) is 1.39. The summed E-state index contributed by atoms with van der Waals surface area (Å²) in [5.41, 5.74) is 1.81. The van der Waals surface area contributed by atoms with Crippen LogP contribution in [0.25, 0.3) is 5.95 Å². The predicted octanol–water partition coefficient (Wildman–Crippen LogP) is 1.36. The Kier molecular flexibility index (Phi) is 2.83. The molecule has 2 aromatic heterocycles. The topological polar surface area (TPSA) is 80.3 Å². The molecule has 0 N–H and O–H groups in total. The monoisotopic (exact) mass is 228 g/mol. The summed E-state index contributed by atoms with van der Waals surface area (Å²) in [5.74, 6) is 0.873. The molecule has 0 aliphatic heterocycles. The van der Waals surface area contributed by atoms with Gasteiger partial charge in [0.15, 0.2) is 0 Å². The number of nitrogens with zero attached hydrogens (tertiary/aromatic N) is 6. The van der Waals surface area contributed by atoms with Gasteiger partial charge in [-0.15, -0.1) is 5.10 Å². The zero-order valence-corrected chi connectivity index (χ0v) is 9.92. The van der Waals surface area contributed by atoms with E-state index in [2.05, 4.69) is 33.9 Å². The van der Waals surface area contributed by atoms with Crippen molar-refractivity contribution in [2.75, 3.05) is 0 Å². The van der Waals surface area contributed by atoms with Crippen LogP contribution in [0.1, 0.15) is 37.0 Å². The first kappa shape index (κ1) is 11.2. The van der Waals surface area contributed by atoms with E-state index in [1.807, 2.05) is 19.1 Å². The van der Waals surface area contributed by atoms with Crippen molar-refractivity contribution in [1.82, 2.24) is 24.7 Å². The molecule has 0 atom stereocenters. The van der Waals surface area contributed by atoms with Crippen molar-refractivity contribution in [2.24, 2.45) is 0 Å². The largest absolute Gasteiger partial charge is 0.252 e. The van der Waals surface area contributed by atoms with Crippen LogP contribution in [0, 0.1) is 18.3 Å². The summed E-state index contributed by atoms with van der Waals surface area (Å²) in [6.07, 6.45) is 1.44. The summed E-state index contributed by atoms with van der Waals surface area (Å²) in [7, 11) is 0. The highest BCUT2D eigenvalue weighted by Gasteiger charge is 2.09. The lowest BCUT2D eigenvalue weighted by atomic mass is 10.1. The maximum atomic E-state index is 8.67. The molecule has 0 amide bonds. The molecule has 0 saturated heterocycles. The van der Waals surface area contributed by atoms with Crippen LogP contribution in [0.15, 0.2) is 12.4 Å². The molecule has 2 rings (SSSR count). The van der Waals surface area contributed by atoms with Gasteiger partial charge in [-0.25, -0.2) is 15.0 Å². The zero-order valence-electron chi connectivity index (χ0n) is 9.92. The quantitative estimate of drug-likeness (QED) is 0.775. The highest BCUT2D eigenvalue weighted by atomic mass is 15.4. The third-order valence-corrected chi connectivity index (χ3v) is 2.25. The minimum absolute atomic E-state index is 0.112. The lowest BCUT2D eigenvalue weighted by Crippen LogP contribution is -2.06. The van der Waals surface area contributed by atoms with Gasteiger partial charge < -0.3 is 0 Å². The number of nitriles is 1. The molecule has 0 unspecified atom stereocenters. The first-order valence-corrected chi connectivity index (χ1v) is 5.28. The Morgan fingerprint density at radius 1 is 1.35 bits per heavy atom. The van der Waals surface area contributed by atoms with Crippen LogP contribution in [-0.4, -0.2) is 24.7 Å². The molecule has 0 aromatic carbocycles. The molecule has 0 saturated carbocycles. The van der Waals surface area contributed by atoms with Crippen molar-refractivity contribution >= 4 is 0 Å². The van der Waals surface area contributed by atoms with Gasteiger partial charge in [0.2, 0.25) is 0 Å². The Morgan fingerprint density at radius 3 is 2.71 bits per heavy atom. The third-order valence-electron chi connectivity index (χ3n) is 2.25. The number of rotatable bonds is 2. The third kappa shape index (κ3) is 2.28. The minimum Gasteiger partial charge on any atom is -0.216 e. The van der Waals surface area contributed by atoms with E-state index in [1.54, 1.807) is 0 Å². The van der Waals surface area contributed by atoms with Gasteiger partial charge in [0, 0.05) is 11.4 Å². The standard InChI is InChI=1S/C11H12N6/c1-7(2)9-4-8(3)14-11(15-9)17-6-13-10(5-12)16-17/h4,6-7H,1-3H3. The summed E-state index contributed by atoms with van der Waals surface area (Å²) in [6, 6.07) is 3.81. The first-order valence-electron chi connectivity index (χ1n) is 5.28. The smallest absolute Gasteiger partial charge is 0.216 e. The molecule has 17 heavy (non-hydrogen) atoms. The van der Waals surface area contributed by atoms with E-state index in [-0.39, 0.29) is 5.82 Å². The Morgan fingerprint density at radius 2 is 2.12 bits per heavy atom. The molecular formula is C11H12N6. The van der Waals surface area contributed by atoms with E-state index in [1.165, 1.54) is 11.0 Å². The van der Waals surface area contributed by atoms with Gasteiger partial charge in [-0.1, -0.05) is 13.8 Å². The van der Waals surface area contributed by atoms with Crippen molar-refractivity contribution in [3.63, 3.8) is 0 Å². The Labute approximate surface area is 99.0 Å². The van der Waals surface area contributed by atoms with E-state index >= 15 is 0 Å². The van der Waals surface area contributed by atoms with Gasteiger partial charge in [0.1, 0.15) is 12.4 Å². The van der Waals surface area contributed by atoms with Crippen molar-refractivity contribution < 1.29 is 0 Å². The summed E-state index contributed by atoms with van der Waals surface area (Å²) in [5, 5.41) is 12.6. The fourth-order valence-corrected chi connectivity index (χ4v) is 1.39. The van der Waals surface area contributed by atoms with Gasteiger partial charge in [0.05, 0.1) is 0 Å². The molecule has 0 radical (unpaired) electrons. The van der Waals surface area contributed by atoms with Crippen LogP contribution in [0.5, 0.6) is 0 Å². The summed E-state index contributed by atoms with van der Waals surface area (Å²) >= 11 is 0. The summed E-state index contributed by atoms with van der Waals surface area (Å²) in [4.78, 5) is 12.5. The highest BCUT2D eigenvalue weighted by molar-refractivity contribution is 5.20. The Bertz CT molecular complexity index is 578. The van der Waals surface area contributed by atoms with Crippen LogP contribution in [-0.2, 0) is 0 Å². The summed E-state index contributed by atoms with van der Waals surface area (Å²) < 4.78 is 1.41. The normalized spacial score (nSPS) is 10.5. The highest BCUT2D eigenvalue weighted by Crippen LogP contribution is 2.13. The van der Waals surface area contributed by atoms with Crippen molar-refractivity contribution in [3.05, 3.63) is 29.6 Å².